The molecule has 0 amide bonds. The molecular weight excluding hydrogens is 248 g/mol. The molecule has 1 aliphatic heterocycles. The van der Waals surface area contributed by atoms with E-state index in [1.807, 2.05) is 6.20 Å². The molecule has 4 atom stereocenters. The van der Waals surface area contributed by atoms with Crippen molar-refractivity contribution >= 4 is 0 Å². The summed E-state index contributed by atoms with van der Waals surface area (Å²) in [7, 11) is 0. The molecule has 2 heterocycles. The maximum atomic E-state index is 6.06. The third-order valence-corrected chi connectivity index (χ3v) is 4.91. The zero-order chi connectivity index (χ0) is 13.9. The Labute approximate surface area is 122 Å². The maximum Gasteiger partial charge on any atom is 0.0760 e. The summed E-state index contributed by atoms with van der Waals surface area (Å²) in [6, 6.07) is 4.72. The number of rotatable bonds is 4. The summed E-state index contributed by atoms with van der Waals surface area (Å²) in [5.41, 5.74) is 2.75. The van der Waals surface area contributed by atoms with Gasteiger partial charge in [0.05, 0.1) is 6.10 Å². The number of hydrogen-bond acceptors (Lipinski definition) is 3. The average Bonchev–Trinajstić information content (AvgIpc) is 2.90. The van der Waals surface area contributed by atoms with Gasteiger partial charge in [-0.3, -0.25) is 4.98 Å². The first-order chi connectivity index (χ1) is 9.81. The number of aromatic nitrogens is 1. The van der Waals surface area contributed by atoms with Gasteiger partial charge in [-0.2, -0.15) is 0 Å². The van der Waals surface area contributed by atoms with E-state index in [0.29, 0.717) is 24.0 Å². The van der Waals surface area contributed by atoms with Crippen LogP contribution in [0.25, 0.3) is 0 Å². The second-order valence-corrected chi connectivity index (χ2v) is 6.23. The fourth-order valence-corrected chi connectivity index (χ4v) is 3.89. The molecule has 1 N–H and O–H groups in total. The van der Waals surface area contributed by atoms with E-state index < -0.39 is 0 Å². The van der Waals surface area contributed by atoms with Crippen LogP contribution in [0.1, 0.15) is 50.3 Å². The van der Waals surface area contributed by atoms with Crippen molar-refractivity contribution in [3.05, 3.63) is 29.6 Å². The Hall–Kier alpha value is -0.930. The molecule has 4 unspecified atom stereocenters. The third kappa shape index (κ3) is 2.61. The largest absolute Gasteiger partial charge is 0.376 e. The molecule has 1 aromatic rings. The minimum atomic E-state index is 0.341. The van der Waals surface area contributed by atoms with Crippen molar-refractivity contribution in [2.24, 2.45) is 5.92 Å². The SMILES string of the molecule is CCNC(C1CCCc2cccnc21)C1OCCC1C. The Morgan fingerprint density at radius 3 is 3.10 bits per heavy atom. The molecule has 110 valence electrons. The lowest BCUT2D eigenvalue weighted by molar-refractivity contribution is 0.0497. The number of nitrogens with one attached hydrogen (secondary N) is 1. The number of ether oxygens (including phenoxy) is 1. The van der Waals surface area contributed by atoms with Crippen LogP contribution < -0.4 is 5.32 Å². The molecule has 20 heavy (non-hydrogen) atoms. The first kappa shape index (κ1) is 14.0. The molecule has 3 rings (SSSR count). The number of hydrogen-bond donors (Lipinski definition) is 1. The van der Waals surface area contributed by atoms with E-state index in [1.165, 1.54) is 36.9 Å². The number of fused-ring (bicyclic) bond motifs is 1. The monoisotopic (exact) mass is 274 g/mol. The highest BCUT2D eigenvalue weighted by atomic mass is 16.5. The van der Waals surface area contributed by atoms with Crippen LogP contribution >= 0.6 is 0 Å². The maximum absolute atomic E-state index is 6.06. The van der Waals surface area contributed by atoms with Gasteiger partial charge in [0.15, 0.2) is 0 Å². The third-order valence-electron chi connectivity index (χ3n) is 4.91. The molecule has 2 aliphatic rings. The Kier molecular flexibility index (Phi) is 4.37. The summed E-state index contributed by atoms with van der Waals surface area (Å²) < 4.78 is 6.06. The van der Waals surface area contributed by atoms with Gasteiger partial charge in [0.2, 0.25) is 0 Å². The molecule has 1 fully saturated rings. The fraction of sp³-hybridized carbons (Fsp3) is 0.706. The van der Waals surface area contributed by atoms with E-state index in [2.05, 4.69) is 31.3 Å². The van der Waals surface area contributed by atoms with Crippen LogP contribution in [-0.4, -0.2) is 30.3 Å². The van der Waals surface area contributed by atoms with E-state index in [1.54, 1.807) is 0 Å². The quantitative estimate of drug-likeness (QED) is 0.916. The molecule has 1 aliphatic carbocycles. The van der Waals surface area contributed by atoms with E-state index in [4.69, 9.17) is 9.72 Å². The van der Waals surface area contributed by atoms with Crippen molar-refractivity contribution in [1.82, 2.24) is 10.3 Å². The molecule has 0 saturated carbocycles. The highest BCUT2D eigenvalue weighted by molar-refractivity contribution is 5.28. The van der Waals surface area contributed by atoms with Gasteiger partial charge in [-0.05, 0) is 49.8 Å². The summed E-state index contributed by atoms with van der Waals surface area (Å²) >= 11 is 0. The zero-order valence-electron chi connectivity index (χ0n) is 12.6. The van der Waals surface area contributed by atoms with E-state index in [9.17, 15) is 0 Å². The Morgan fingerprint density at radius 1 is 1.45 bits per heavy atom. The van der Waals surface area contributed by atoms with Crippen molar-refractivity contribution in [2.75, 3.05) is 13.2 Å². The predicted molar refractivity (Wildman–Crippen MR) is 80.9 cm³/mol. The number of pyridine rings is 1. The van der Waals surface area contributed by atoms with Gasteiger partial charge >= 0.3 is 0 Å². The lowest BCUT2D eigenvalue weighted by Gasteiger charge is -2.36. The Balaban J connectivity index is 1.88. The molecule has 3 heteroatoms. The van der Waals surface area contributed by atoms with Crippen LogP contribution in [0.15, 0.2) is 18.3 Å². The molecule has 0 aromatic carbocycles. The van der Waals surface area contributed by atoms with E-state index in [0.717, 1.165) is 13.2 Å². The van der Waals surface area contributed by atoms with Crippen LogP contribution in [0.3, 0.4) is 0 Å². The fourth-order valence-electron chi connectivity index (χ4n) is 3.89. The molecule has 1 saturated heterocycles. The number of aryl methyl sites for hydroxylation is 1. The highest BCUT2D eigenvalue weighted by Gasteiger charge is 2.39. The lowest BCUT2D eigenvalue weighted by atomic mass is 9.78. The Morgan fingerprint density at radius 2 is 2.35 bits per heavy atom. The average molecular weight is 274 g/mol. The van der Waals surface area contributed by atoms with Crippen LogP contribution in [0, 0.1) is 5.92 Å². The summed E-state index contributed by atoms with van der Waals surface area (Å²) in [4.78, 5) is 4.70. The first-order valence-electron chi connectivity index (χ1n) is 8.10. The Bertz CT molecular complexity index is 448. The standard InChI is InChI=1S/C17H26N2O/c1-3-18-16(17-12(2)9-11-20-17)14-8-4-6-13-7-5-10-19-15(13)14/h5,7,10,12,14,16-18H,3-4,6,8-9,11H2,1-2H3. The van der Waals surface area contributed by atoms with Crippen molar-refractivity contribution in [2.45, 2.75) is 57.6 Å². The summed E-state index contributed by atoms with van der Waals surface area (Å²) in [5.74, 6) is 1.15. The van der Waals surface area contributed by atoms with E-state index >= 15 is 0 Å². The smallest absolute Gasteiger partial charge is 0.0760 e. The van der Waals surface area contributed by atoms with Crippen molar-refractivity contribution in [1.29, 1.82) is 0 Å². The van der Waals surface area contributed by atoms with Crippen molar-refractivity contribution in [3.8, 4) is 0 Å². The van der Waals surface area contributed by atoms with Gasteiger partial charge in [-0.25, -0.2) is 0 Å². The summed E-state index contributed by atoms with van der Waals surface area (Å²) in [6.45, 7) is 6.42. The molecule has 3 nitrogen and oxygen atoms in total. The second kappa shape index (κ2) is 6.23. The van der Waals surface area contributed by atoms with Crippen LogP contribution in [0.4, 0.5) is 0 Å². The van der Waals surface area contributed by atoms with Gasteiger partial charge in [0.25, 0.3) is 0 Å². The molecule has 0 radical (unpaired) electrons. The summed E-state index contributed by atoms with van der Waals surface area (Å²) in [5, 5.41) is 3.70. The first-order valence-corrected chi connectivity index (χ1v) is 8.10. The molecular formula is C17H26N2O. The van der Waals surface area contributed by atoms with Crippen molar-refractivity contribution in [3.63, 3.8) is 0 Å². The number of nitrogens with zero attached hydrogens (tertiary/aromatic N) is 1. The lowest BCUT2D eigenvalue weighted by Crippen LogP contribution is -2.47. The van der Waals surface area contributed by atoms with Gasteiger partial charge < -0.3 is 10.1 Å². The molecule has 0 spiro atoms. The summed E-state index contributed by atoms with van der Waals surface area (Å²) in [6.07, 6.45) is 7.15. The van der Waals surface area contributed by atoms with Crippen LogP contribution in [-0.2, 0) is 11.2 Å². The highest BCUT2D eigenvalue weighted by Crippen LogP contribution is 2.37. The van der Waals surface area contributed by atoms with Gasteiger partial charge in [0.1, 0.15) is 0 Å². The van der Waals surface area contributed by atoms with Gasteiger partial charge in [0, 0.05) is 30.5 Å². The van der Waals surface area contributed by atoms with Gasteiger partial charge in [-0.15, -0.1) is 0 Å². The predicted octanol–water partition coefficient (Wildman–Crippen LogP) is 2.90. The second-order valence-electron chi connectivity index (χ2n) is 6.23. The van der Waals surface area contributed by atoms with Crippen molar-refractivity contribution < 1.29 is 4.74 Å². The normalized spacial score (nSPS) is 31.0. The molecule has 0 bridgehead atoms. The van der Waals surface area contributed by atoms with Crippen LogP contribution in [0.5, 0.6) is 0 Å². The van der Waals surface area contributed by atoms with E-state index in [-0.39, 0.29) is 0 Å². The van der Waals surface area contributed by atoms with Gasteiger partial charge in [-0.1, -0.05) is 19.9 Å². The minimum absolute atomic E-state index is 0.341. The molecule has 1 aromatic heterocycles. The minimum Gasteiger partial charge on any atom is -0.376 e. The topological polar surface area (TPSA) is 34.2 Å². The zero-order valence-corrected chi connectivity index (χ0v) is 12.6. The number of likely N-dealkylation sites (N-methyl/N-ethyl adjacent to an activating group) is 1. The van der Waals surface area contributed by atoms with Crippen LogP contribution in [0.2, 0.25) is 0 Å².